The van der Waals surface area contributed by atoms with Gasteiger partial charge in [-0.3, -0.25) is 14.9 Å². The summed E-state index contributed by atoms with van der Waals surface area (Å²) in [6.45, 7) is 5.92. The normalized spacial score (nSPS) is 11.3. The van der Waals surface area contributed by atoms with Crippen LogP contribution in [0.3, 0.4) is 0 Å². The zero-order valence-electron chi connectivity index (χ0n) is 21.5. The number of hydrogen-bond acceptors (Lipinski definition) is 7. The fraction of sp³-hybridized carbons (Fsp3) is 0.207. The molecule has 9 heteroatoms. The van der Waals surface area contributed by atoms with Crippen LogP contribution in [0.5, 0.6) is 5.75 Å². The van der Waals surface area contributed by atoms with Crippen molar-refractivity contribution in [3.8, 4) is 28.3 Å². The van der Waals surface area contributed by atoms with Gasteiger partial charge in [0.15, 0.2) is 12.4 Å². The van der Waals surface area contributed by atoms with Crippen molar-refractivity contribution in [3.05, 3.63) is 79.4 Å². The molecule has 0 saturated heterocycles. The Labute approximate surface area is 220 Å². The number of ether oxygens (including phenoxy) is 1. The van der Waals surface area contributed by atoms with Gasteiger partial charge in [-0.2, -0.15) is 5.10 Å². The van der Waals surface area contributed by atoms with Gasteiger partial charge in [-0.05, 0) is 56.2 Å². The summed E-state index contributed by atoms with van der Waals surface area (Å²) in [4.78, 5) is 26.1. The largest absolute Gasteiger partial charge is 0.484 e. The number of aromatic amines is 1. The Bertz CT molecular complexity index is 1550. The first-order valence-corrected chi connectivity index (χ1v) is 12.4. The number of amides is 1. The number of aromatic nitrogens is 5. The van der Waals surface area contributed by atoms with E-state index in [1.54, 1.807) is 18.6 Å². The van der Waals surface area contributed by atoms with Gasteiger partial charge in [-0.25, -0.2) is 9.97 Å². The van der Waals surface area contributed by atoms with Gasteiger partial charge in [-0.1, -0.05) is 31.2 Å². The topological polar surface area (TPSA) is 118 Å². The molecular weight excluding hydrogens is 478 g/mol. The molecule has 0 aliphatic heterocycles. The van der Waals surface area contributed by atoms with Crippen molar-refractivity contribution < 1.29 is 9.53 Å². The third-order valence-corrected chi connectivity index (χ3v) is 6.30. The molecule has 192 valence electrons. The quantitative estimate of drug-likeness (QED) is 0.241. The third-order valence-electron chi connectivity index (χ3n) is 6.30. The minimum Gasteiger partial charge on any atom is -0.484 e. The highest BCUT2D eigenvalue weighted by atomic mass is 16.5. The summed E-state index contributed by atoms with van der Waals surface area (Å²) in [5.41, 5.74) is 4.16. The molecule has 0 fully saturated rings. The number of carbonyl (C=O) groups excluding carboxylic acids is 1. The molecule has 1 amide bonds. The van der Waals surface area contributed by atoms with E-state index in [1.165, 1.54) is 0 Å². The number of carbonyl (C=O) groups is 1. The average molecular weight is 508 g/mol. The van der Waals surface area contributed by atoms with Crippen LogP contribution in [0.15, 0.2) is 79.4 Å². The van der Waals surface area contributed by atoms with E-state index in [-0.39, 0.29) is 18.1 Å². The molecular formula is C29H29N7O2. The molecule has 38 heavy (non-hydrogen) atoms. The second kappa shape index (κ2) is 10.7. The first kappa shape index (κ1) is 24.9. The lowest BCUT2D eigenvalue weighted by Gasteiger charge is -2.24. The molecule has 3 heterocycles. The first-order chi connectivity index (χ1) is 18.4. The smallest absolute Gasteiger partial charge is 0.258 e. The molecule has 5 rings (SSSR count). The molecule has 0 spiro atoms. The summed E-state index contributed by atoms with van der Waals surface area (Å²) in [5.74, 6) is 1.58. The minimum atomic E-state index is -0.280. The Kier molecular flexibility index (Phi) is 6.99. The lowest BCUT2D eigenvalue weighted by molar-refractivity contribution is -0.124. The molecule has 9 nitrogen and oxygen atoms in total. The van der Waals surface area contributed by atoms with E-state index in [0.29, 0.717) is 22.9 Å². The van der Waals surface area contributed by atoms with E-state index in [9.17, 15) is 4.79 Å². The number of fused-ring (bicyclic) bond motifs is 1. The number of hydrogen-bond donors (Lipinski definition) is 3. The number of anilines is 2. The zero-order chi connectivity index (χ0) is 26.5. The number of rotatable bonds is 9. The lowest BCUT2D eigenvalue weighted by Crippen LogP contribution is -2.44. The van der Waals surface area contributed by atoms with Gasteiger partial charge in [0, 0.05) is 40.1 Å². The van der Waals surface area contributed by atoms with Gasteiger partial charge in [0.05, 0.1) is 17.9 Å². The van der Waals surface area contributed by atoms with Crippen LogP contribution in [0.1, 0.15) is 27.2 Å². The highest BCUT2D eigenvalue weighted by Crippen LogP contribution is 2.29. The second-order valence-electron chi connectivity index (χ2n) is 9.58. The molecule has 0 atom stereocenters. The zero-order valence-corrected chi connectivity index (χ0v) is 21.5. The van der Waals surface area contributed by atoms with Crippen molar-refractivity contribution in [2.75, 3.05) is 11.9 Å². The molecule has 0 aliphatic rings. The molecule has 0 unspecified atom stereocenters. The summed E-state index contributed by atoms with van der Waals surface area (Å²) in [5, 5.41) is 14.1. The van der Waals surface area contributed by atoms with Gasteiger partial charge in [0.25, 0.3) is 5.91 Å². The Morgan fingerprint density at radius 3 is 2.61 bits per heavy atom. The van der Waals surface area contributed by atoms with E-state index in [2.05, 4.69) is 25.8 Å². The maximum atomic E-state index is 12.3. The lowest BCUT2D eigenvalue weighted by atomic mass is 10.0. The van der Waals surface area contributed by atoms with Gasteiger partial charge in [0.1, 0.15) is 11.6 Å². The van der Waals surface area contributed by atoms with Crippen molar-refractivity contribution in [1.82, 2.24) is 30.5 Å². The Balaban J connectivity index is 1.39. The van der Waals surface area contributed by atoms with Crippen LogP contribution >= 0.6 is 0 Å². The SMILES string of the molecule is CCC(C)(C)NC(=O)COc1cccc(-c2nc(Nc3ccc(-c4cn[nH]c4)cc3)c3ccncc3n2)c1. The van der Waals surface area contributed by atoms with Gasteiger partial charge < -0.3 is 15.4 Å². The number of nitrogens with one attached hydrogen (secondary N) is 3. The van der Waals surface area contributed by atoms with Crippen LogP contribution in [0.2, 0.25) is 0 Å². The van der Waals surface area contributed by atoms with Crippen LogP contribution in [-0.4, -0.2) is 43.2 Å². The summed E-state index contributed by atoms with van der Waals surface area (Å²) in [6, 6.07) is 17.3. The van der Waals surface area contributed by atoms with Gasteiger partial charge in [-0.15, -0.1) is 0 Å². The molecule has 5 aromatic rings. The molecule has 3 N–H and O–H groups in total. The maximum absolute atomic E-state index is 12.3. The van der Waals surface area contributed by atoms with E-state index < -0.39 is 0 Å². The van der Waals surface area contributed by atoms with Crippen LogP contribution in [0.25, 0.3) is 33.4 Å². The van der Waals surface area contributed by atoms with E-state index >= 15 is 0 Å². The van der Waals surface area contributed by atoms with E-state index in [4.69, 9.17) is 14.7 Å². The summed E-state index contributed by atoms with van der Waals surface area (Å²) in [7, 11) is 0. The van der Waals surface area contributed by atoms with Gasteiger partial charge >= 0.3 is 0 Å². The van der Waals surface area contributed by atoms with Crippen molar-refractivity contribution in [2.45, 2.75) is 32.7 Å². The summed E-state index contributed by atoms with van der Waals surface area (Å²) < 4.78 is 5.77. The van der Waals surface area contributed by atoms with Crippen LogP contribution in [0.4, 0.5) is 11.5 Å². The van der Waals surface area contributed by atoms with E-state index in [1.807, 2.05) is 81.6 Å². The summed E-state index contributed by atoms with van der Waals surface area (Å²) >= 11 is 0. The van der Waals surface area contributed by atoms with Crippen molar-refractivity contribution in [3.63, 3.8) is 0 Å². The third kappa shape index (κ3) is 5.78. The molecule has 0 aliphatic carbocycles. The Morgan fingerprint density at radius 2 is 1.84 bits per heavy atom. The van der Waals surface area contributed by atoms with Crippen LogP contribution in [-0.2, 0) is 4.79 Å². The maximum Gasteiger partial charge on any atom is 0.258 e. The average Bonchev–Trinajstić information content (AvgIpc) is 3.47. The first-order valence-electron chi connectivity index (χ1n) is 12.4. The fourth-order valence-electron chi connectivity index (χ4n) is 3.87. The molecule has 0 radical (unpaired) electrons. The molecule has 0 bridgehead atoms. The standard InChI is InChI=1S/C29H29N7O2/c1-4-29(2,3)36-26(37)18-38-23-7-5-6-20(14-23)27-34-25-17-30-13-12-24(25)28(35-27)33-22-10-8-19(9-11-22)21-15-31-32-16-21/h5-17H,4,18H2,1-3H3,(H,31,32)(H,36,37)(H,33,34,35). The second-order valence-corrected chi connectivity index (χ2v) is 9.58. The predicted octanol–water partition coefficient (Wildman–Crippen LogP) is 5.51. The Morgan fingerprint density at radius 1 is 1.00 bits per heavy atom. The van der Waals surface area contributed by atoms with Crippen LogP contribution < -0.4 is 15.4 Å². The number of pyridine rings is 1. The minimum absolute atomic E-state index is 0.0724. The van der Waals surface area contributed by atoms with Crippen molar-refractivity contribution in [2.24, 2.45) is 0 Å². The number of H-pyrrole nitrogens is 1. The highest BCUT2D eigenvalue weighted by molar-refractivity contribution is 5.91. The molecule has 2 aromatic carbocycles. The Hall–Kier alpha value is -4.79. The van der Waals surface area contributed by atoms with Crippen molar-refractivity contribution in [1.29, 1.82) is 0 Å². The number of nitrogens with zero attached hydrogens (tertiary/aromatic N) is 4. The highest BCUT2D eigenvalue weighted by Gasteiger charge is 2.18. The number of benzene rings is 2. The molecule has 3 aromatic heterocycles. The van der Waals surface area contributed by atoms with Gasteiger partial charge in [0.2, 0.25) is 0 Å². The summed E-state index contributed by atoms with van der Waals surface area (Å²) in [6.07, 6.45) is 7.91. The molecule has 0 saturated carbocycles. The van der Waals surface area contributed by atoms with Crippen molar-refractivity contribution >= 4 is 28.3 Å². The predicted molar refractivity (Wildman–Crippen MR) is 148 cm³/mol. The van der Waals surface area contributed by atoms with Crippen LogP contribution in [0, 0.1) is 0 Å². The fourth-order valence-corrected chi connectivity index (χ4v) is 3.87. The monoisotopic (exact) mass is 507 g/mol. The van der Waals surface area contributed by atoms with E-state index in [0.717, 1.165) is 34.2 Å².